The van der Waals surface area contributed by atoms with Crippen LogP contribution in [0.15, 0.2) is 35.7 Å². The standard InChI is InChI=1S/C21H31ClN4O/c1-13(2)14(3)16(5)26(23)12-17-6-8-19(9-7-17)25-21(27)20-10-18(22)11-24-15(20)4/h10-11,17,19H,1,6-9,12,23H2,2-5H3,(H,25,27)/b16-14-. The van der Waals surface area contributed by atoms with E-state index in [-0.39, 0.29) is 11.9 Å². The van der Waals surface area contributed by atoms with Crippen LogP contribution in [0.4, 0.5) is 0 Å². The second kappa shape index (κ2) is 9.38. The number of nitrogens with zero attached hydrogens (tertiary/aromatic N) is 2. The molecule has 1 aromatic rings. The molecule has 1 fully saturated rings. The molecule has 1 aliphatic rings. The molecule has 5 nitrogen and oxygen atoms in total. The number of halogens is 1. The Morgan fingerprint density at radius 3 is 2.56 bits per heavy atom. The van der Waals surface area contributed by atoms with Crippen LogP contribution in [0, 0.1) is 12.8 Å². The Morgan fingerprint density at radius 2 is 1.96 bits per heavy atom. The van der Waals surface area contributed by atoms with Gasteiger partial charge in [0.1, 0.15) is 0 Å². The van der Waals surface area contributed by atoms with Crippen LogP contribution < -0.4 is 11.2 Å². The third-order valence-corrected chi connectivity index (χ3v) is 5.76. The summed E-state index contributed by atoms with van der Waals surface area (Å²) in [5.74, 6) is 6.69. The number of aromatic nitrogens is 1. The van der Waals surface area contributed by atoms with Gasteiger partial charge in [-0.1, -0.05) is 23.8 Å². The van der Waals surface area contributed by atoms with Gasteiger partial charge in [0, 0.05) is 24.5 Å². The molecule has 1 heterocycles. The third kappa shape index (κ3) is 5.81. The molecule has 0 unspecified atom stereocenters. The van der Waals surface area contributed by atoms with E-state index in [4.69, 9.17) is 17.4 Å². The molecule has 148 valence electrons. The number of carbonyl (C=O) groups excluding carboxylic acids is 1. The maximum absolute atomic E-state index is 12.5. The molecular formula is C21H31ClN4O. The Balaban J connectivity index is 1.86. The fraction of sp³-hybridized carbons (Fsp3) is 0.524. The fourth-order valence-corrected chi connectivity index (χ4v) is 3.59. The lowest BCUT2D eigenvalue weighted by molar-refractivity contribution is 0.0917. The molecule has 1 amide bonds. The van der Waals surface area contributed by atoms with Crippen molar-refractivity contribution in [1.29, 1.82) is 0 Å². The molecule has 1 saturated carbocycles. The first-order valence-electron chi connectivity index (χ1n) is 9.47. The summed E-state index contributed by atoms with van der Waals surface area (Å²) in [6.45, 7) is 12.7. The van der Waals surface area contributed by atoms with Crippen LogP contribution in [0.2, 0.25) is 5.02 Å². The molecule has 3 N–H and O–H groups in total. The van der Waals surface area contributed by atoms with Crippen molar-refractivity contribution in [2.75, 3.05) is 6.54 Å². The van der Waals surface area contributed by atoms with Gasteiger partial charge in [0.2, 0.25) is 0 Å². The number of nitrogens with two attached hydrogens (primary N) is 1. The number of rotatable bonds is 6. The summed E-state index contributed by atoms with van der Waals surface area (Å²) in [4.78, 5) is 16.7. The highest BCUT2D eigenvalue weighted by molar-refractivity contribution is 6.30. The first-order chi connectivity index (χ1) is 12.7. The van der Waals surface area contributed by atoms with Crippen LogP contribution in [-0.4, -0.2) is 28.5 Å². The van der Waals surface area contributed by atoms with Crippen molar-refractivity contribution in [3.63, 3.8) is 0 Å². The molecule has 27 heavy (non-hydrogen) atoms. The predicted octanol–water partition coefficient (Wildman–Crippen LogP) is 4.38. The van der Waals surface area contributed by atoms with E-state index in [1.54, 1.807) is 12.3 Å². The number of aryl methyl sites for hydroxylation is 1. The van der Waals surface area contributed by atoms with E-state index in [0.29, 0.717) is 22.2 Å². The number of allylic oxidation sites excluding steroid dienone is 3. The van der Waals surface area contributed by atoms with Gasteiger partial charge < -0.3 is 10.3 Å². The van der Waals surface area contributed by atoms with Crippen LogP contribution >= 0.6 is 11.6 Å². The van der Waals surface area contributed by atoms with E-state index in [9.17, 15) is 4.79 Å². The van der Waals surface area contributed by atoms with Crippen molar-refractivity contribution in [1.82, 2.24) is 15.3 Å². The topological polar surface area (TPSA) is 71.2 Å². The van der Waals surface area contributed by atoms with Crippen LogP contribution in [0.1, 0.15) is 62.5 Å². The average molecular weight is 391 g/mol. The third-order valence-electron chi connectivity index (χ3n) is 5.55. The Kier molecular flexibility index (Phi) is 7.45. The molecular weight excluding hydrogens is 360 g/mol. The molecule has 0 saturated heterocycles. The van der Waals surface area contributed by atoms with Crippen molar-refractivity contribution in [2.45, 2.75) is 59.4 Å². The zero-order valence-electron chi connectivity index (χ0n) is 16.8. The quantitative estimate of drug-likeness (QED) is 0.429. The zero-order chi connectivity index (χ0) is 20.1. The molecule has 0 spiro atoms. The van der Waals surface area contributed by atoms with E-state index in [1.807, 2.05) is 25.8 Å². The van der Waals surface area contributed by atoms with E-state index in [2.05, 4.69) is 23.8 Å². The van der Waals surface area contributed by atoms with Crippen molar-refractivity contribution >= 4 is 17.5 Å². The summed E-state index contributed by atoms with van der Waals surface area (Å²) in [5, 5.41) is 5.45. The lowest BCUT2D eigenvalue weighted by atomic mass is 9.85. The van der Waals surface area contributed by atoms with Crippen molar-refractivity contribution < 1.29 is 4.79 Å². The van der Waals surface area contributed by atoms with Crippen LogP contribution in [0.5, 0.6) is 0 Å². The monoisotopic (exact) mass is 390 g/mol. The molecule has 0 aliphatic heterocycles. The molecule has 0 bridgehead atoms. The Labute approximate surface area is 167 Å². The molecule has 0 radical (unpaired) electrons. The maximum Gasteiger partial charge on any atom is 0.253 e. The van der Waals surface area contributed by atoms with E-state index < -0.39 is 0 Å². The van der Waals surface area contributed by atoms with Gasteiger partial charge in [-0.2, -0.15) is 0 Å². The predicted molar refractivity (Wildman–Crippen MR) is 111 cm³/mol. The molecule has 0 atom stereocenters. The molecule has 2 rings (SSSR count). The summed E-state index contributed by atoms with van der Waals surface area (Å²) in [6, 6.07) is 1.86. The SMILES string of the molecule is C=C(C)/C(C)=C(/C)N(N)CC1CCC(NC(=O)c2cc(Cl)cnc2C)CC1. The molecule has 1 aliphatic carbocycles. The lowest BCUT2D eigenvalue weighted by Gasteiger charge is -2.33. The first kappa shape index (κ1) is 21.5. The van der Waals surface area contributed by atoms with Gasteiger partial charge in [0.25, 0.3) is 5.91 Å². The van der Waals surface area contributed by atoms with Crippen LogP contribution in [0.25, 0.3) is 0 Å². The van der Waals surface area contributed by atoms with Gasteiger partial charge in [-0.25, -0.2) is 5.84 Å². The van der Waals surface area contributed by atoms with Gasteiger partial charge in [0.15, 0.2) is 0 Å². The second-order valence-corrected chi connectivity index (χ2v) is 8.06. The normalized spacial score (nSPS) is 20.7. The Bertz CT molecular complexity index is 736. The largest absolute Gasteiger partial charge is 0.349 e. The summed E-state index contributed by atoms with van der Waals surface area (Å²) >= 11 is 5.97. The lowest BCUT2D eigenvalue weighted by Crippen LogP contribution is -2.41. The Morgan fingerprint density at radius 1 is 1.33 bits per heavy atom. The fourth-order valence-electron chi connectivity index (χ4n) is 3.43. The summed E-state index contributed by atoms with van der Waals surface area (Å²) in [6.07, 6.45) is 5.57. The number of carbonyl (C=O) groups is 1. The van der Waals surface area contributed by atoms with Gasteiger partial charge >= 0.3 is 0 Å². The van der Waals surface area contributed by atoms with Gasteiger partial charge in [-0.05, 0) is 70.9 Å². The summed E-state index contributed by atoms with van der Waals surface area (Å²) < 4.78 is 0. The maximum atomic E-state index is 12.5. The number of hydrazine groups is 1. The van der Waals surface area contributed by atoms with Crippen LogP contribution in [-0.2, 0) is 0 Å². The van der Waals surface area contributed by atoms with Gasteiger partial charge in [0.05, 0.1) is 16.3 Å². The highest BCUT2D eigenvalue weighted by atomic mass is 35.5. The van der Waals surface area contributed by atoms with E-state index in [1.165, 1.54) is 0 Å². The molecule has 0 aromatic carbocycles. The van der Waals surface area contributed by atoms with Crippen molar-refractivity contribution in [3.05, 3.63) is 52.0 Å². The number of hydrogen-bond acceptors (Lipinski definition) is 4. The smallest absolute Gasteiger partial charge is 0.253 e. The van der Waals surface area contributed by atoms with Gasteiger partial charge in [-0.15, -0.1) is 0 Å². The van der Waals surface area contributed by atoms with E-state index in [0.717, 1.165) is 49.1 Å². The minimum atomic E-state index is -0.0951. The number of nitrogens with one attached hydrogen (secondary N) is 1. The number of amides is 1. The minimum absolute atomic E-state index is 0.0951. The second-order valence-electron chi connectivity index (χ2n) is 7.62. The highest BCUT2D eigenvalue weighted by Crippen LogP contribution is 2.26. The first-order valence-corrected chi connectivity index (χ1v) is 9.85. The highest BCUT2D eigenvalue weighted by Gasteiger charge is 2.25. The number of pyridine rings is 1. The molecule has 6 heteroatoms. The molecule has 1 aromatic heterocycles. The van der Waals surface area contributed by atoms with Crippen molar-refractivity contribution in [3.8, 4) is 0 Å². The van der Waals surface area contributed by atoms with Gasteiger partial charge in [-0.3, -0.25) is 9.78 Å². The van der Waals surface area contributed by atoms with Crippen LogP contribution in [0.3, 0.4) is 0 Å². The average Bonchev–Trinajstić information content (AvgIpc) is 2.63. The number of hydrogen-bond donors (Lipinski definition) is 2. The minimum Gasteiger partial charge on any atom is -0.349 e. The zero-order valence-corrected chi connectivity index (χ0v) is 17.6. The summed E-state index contributed by atoms with van der Waals surface area (Å²) in [7, 11) is 0. The van der Waals surface area contributed by atoms with Crippen molar-refractivity contribution in [2.24, 2.45) is 11.8 Å². The summed E-state index contributed by atoms with van der Waals surface area (Å²) in [5.41, 5.74) is 4.50. The van der Waals surface area contributed by atoms with E-state index >= 15 is 0 Å². The Hall–Kier alpha value is -1.85.